The highest BCUT2D eigenvalue weighted by Gasteiger charge is 2.06. The number of aryl methyl sites for hydroxylation is 2. The maximum absolute atomic E-state index is 5.83. The first-order valence-corrected chi connectivity index (χ1v) is 5.46. The number of anilines is 1. The predicted molar refractivity (Wildman–Crippen MR) is 67.2 cm³/mol. The minimum absolute atomic E-state index is 0.795. The number of hydrogen-bond acceptors (Lipinski definition) is 3. The lowest BCUT2D eigenvalue weighted by Gasteiger charge is -2.02. The molecule has 0 aliphatic carbocycles. The number of nitrogens with zero attached hydrogens (tertiary/aromatic N) is 1. The molecule has 1 aromatic heterocycles. The maximum atomic E-state index is 5.83. The third-order valence-corrected chi connectivity index (χ3v) is 2.34. The molecule has 3 heteroatoms. The molecule has 0 aliphatic heterocycles. The van der Waals surface area contributed by atoms with Gasteiger partial charge < -0.3 is 10.3 Å². The summed E-state index contributed by atoms with van der Waals surface area (Å²) in [6.45, 7) is 7.87. The fourth-order valence-electron chi connectivity index (χ4n) is 1.38. The van der Waals surface area contributed by atoms with Crippen LogP contribution >= 0.6 is 0 Å². The first kappa shape index (κ1) is 12.3. The van der Waals surface area contributed by atoms with Crippen molar-refractivity contribution in [2.45, 2.75) is 27.7 Å². The molecule has 2 aromatic rings. The molecule has 0 bridgehead atoms. The standard InChI is InChI=1S/C11H12N2O.C2H6/c1-7-3-4-9(5-11(7)12)10-6-13-14-8(10)2;1-2/h3-6H,12H2,1-2H3;1-2H3. The fourth-order valence-corrected chi connectivity index (χ4v) is 1.38. The molecule has 16 heavy (non-hydrogen) atoms. The van der Waals surface area contributed by atoms with Crippen LogP contribution in [0.2, 0.25) is 0 Å². The Hall–Kier alpha value is -1.77. The average molecular weight is 218 g/mol. The molecule has 0 atom stereocenters. The third-order valence-electron chi connectivity index (χ3n) is 2.34. The van der Waals surface area contributed by atoms with Gasteiger partial charge in [0.15, 0.2) is 0 Å². The molecule has 0 radical (unpaired) electrons. The van der Waals surface area contributed by atoms with Crippen molar-refractivity contribution in [2.75, 3.05) is 5.73 Å². The molecule has 0 saturated heterocycles. The molecule has 1 heterocycles. The summed E-state index contributed by atoms with van der Waals surface area (Å²) in [5, 5.41) is 3.73. The zero-order chi connectivity index (χ0) is 12.1. The van der Waals surface area contributed by atoms with Crippen molar-refractivity contribution in [3.8, 4) is 11.1 Å². The van der Waals surface area contributed by atoms with Crippen LogP contribution in [-0.4, -0.2) is 5.16 Å². The van der Waals surface area contributed by atoms with E-state index in [1.54, 1.807) is 6.20 Å². The van der Waals surface area contributed by atoms with Gasteiger partial charge in [0.2, 0.25) is 0 Å². The van der Waals surface area contributed by atoms with E-state index in [9.17, 15) is 0 Å². The Morgan fingerprint density at radius 1 is 1.19 bits per heavy atom. The Balaban J connectivity index is 0.000000606. The van der Waals surface area contributed by atoms with E-state index in [2.05, 4.69) is 5.16 Å². The van der Waals surface area contributed by atoms with Crippen LogP contribution in [0, 0.1) is 13.8 Å². The molecule has 1 aromatic carbocycles. The number of rotatable bonds is 1. The molecule has 0 saturated carbocycles. The molecule has 2 N–H and O–H groups in total. The molecule has 3 nitrogen and oxygen atoms in total. The number of aromatic nitrogens is 1. The predicted octanol–water partition coefficient (Wildman–Crippen LogP) is 3.57. The summed E-state index contributed by atoms with van der Waals surface area (Å²) in [4.78, 5) is 0. The van der Waals surface area contributed by atoms with Gasteiger partial charge in [-0.3, -0.25) is 0 Å². The van der Waals surface area contributed by atoms with Crippen molar-refractivity contribution in [1.82, 2.24) is 5.16 Å². The Bertz CT molecular complexity index is 461. The number of hydrogen-bond donors (Lipinski definition) is 1. The quantitative estimate of drug-likeness (QED) is 0.744. The molecular formula is C13H18N2O. The van der Waals surface area contributed by atoms with Crippen LogP contribution in [0.5, 0.6) is 0 Å². The minimum Gasteiger partial charge on any atom is -0.398 e. The maximum Gasteiger partial charge on any atom is 0.141 e. The van der Waals surface area contributed by atoms with E-state index in [4.69, 9.17) is 10.3 Å². The van der Waals surface area contributed by atoms with Gasteiger partial charge in [0, 0.05) is 11.3 Å². The number of benzene rings is 1. The van der Waals surface area contributed by atoms with Gasteiger partial charge >= 0.3 is 0 Å². The molecule has 0 fully saturated rings. The third kappa shape index (κ3) is 2.42. The first-order valence-electron chi connectivity index (χ1n) is 5.46. The van der Waals surface area contributed by atoms with E-state index in [0.29, 0.717) is 0 Å². The van der Waals surface area contributed by atoms with Gasteiger partial charge in [0.25, 0.3) is 0 Å². The second-order valence-corrected chi connectivity index (χ2v) is 3.37. The van der Waals surface area contributed by atoms with Gasteiger partial charge in [-0.1, -0.05) is 31.1 Å². The smallest absolute Gasteiger partial charge is 0.141 e. The van der Waals surface area contributed by atoms with Gasteiger partial charge in [-0.25, -0.2) is 0 Å². The van der Waals surface area contributed by atoms with Gasteiger partial charge in [-0.2, -0.15) is 0 Å². The lowest BCUT2D eigenvalue weighted by molar-refractivity contribution is 0.398. The number of nitrogen functional groups attached to an aromatic ring is 1. The Labute approximate surface area is 96.3 Å². The van der Waals surface area contributed by atoms with Gasteiger partial charge in [0.1, 0.15) is 5.76 Å². The summed E-state index contributed by atoms with van der Waals surface area (Å²) >= 11 is 0. The van der Waals surface area contributed by atoms with Crippen LogP contribution in [0.4, 0.5) is 5.69 Å². The average Bonchev–Trinajstić information content (AvgIpc) is 2.72. The molecule has 0 unspecified atom stereocenters. The minimum atomic E-state index is 0.795. The topological polar surface area (TPSA) is 52.0 Å². The van der Waals surface area contributed by atoms with E-state index in [1.807, 2.05) is 45.9 Å². The van der Waals surface area contributed by atoms with Crippen LogP contribution in [0.1, 0.15) is 25.2 Å². The molecular weight excluding hydrogens is 200 g/mol. The Kier molecular flexibility index (Phi) is 4.11. The SMILES string of the molecule is CC.Cc1ccc(-c2cnoc2C)cc1N. The Morgan fingerprint density at radius 2 is 1.88 bits per heavy atom. The summed E-state index contributed by atoms with van der Waals surface area (Å²) in [5.41, 5.74) is 9.75. The lowest BCUT2D eigenvalue weighted by Crippen LogP contribution is -1.89. The first-order chi connectivity index (χ1) is 7.68. The zero-order valence-corrected chi connectivity index (χ0v) is 10.2. The van der Waals surface area contributed by atoms with Crippen molar-refractivity contribution in [2.24, 2.45) is 0 Å². The summed E-state index contributed by atoms with van der Waals surface area (Å²) < 4.78 is 5.00. The fraction of sp³-hybridized carbons (Fsp3) is 0.308. The molecule has 0 spiro atoms. The summed E-state index contributed by atoms with van der Waals surface area (Å²) in [6.07, 6.45) is 1.71. The van der Waals surface area contributed by atoms with Crippen molar-refractivity contribution in [1.29, 1.82) is 0 Å². The summed E-state index contributed by atoms with van der Waals surface area (Å²) in [6, 6.07) is 5.96. The van der Waals surface area contributed by atoms with E-state index >= 15 is 0 Å². The van der Waals surface area contributed by atoms with Crippen molar-refractivity contribution >= 4 is 5.69 Å². The summed E-state index contributed by atoms with van der Waals surface area (Å²) in [5.74, 6) is 0.813. The van der Waals surface area contributed by atoms with Crippen LogP contribution in [0.3, 0.4) is 0 Å². The molecule has 86 valence electrons. The van der Waals surface area contributed by atoms with Crippen LogP contribution < -0.4 is 5.73 Å². The lowest BCUT2D eigenvalue weighted by atomic mass is 10.0. The highest BCUT2D eigenvalue weighted by molar-refractivity contribution is 5.69. The second-order valence-electron chi connectivity index (χ2n) is 3.37. The Morgan fingerprint density at radius 3 is 2.38 bits per heavy atom. The highest BCUT2D eigenvalue weighted by atomic mass is 16.5. The monoisotopic (exact) mass is 218 g/mol. The van der Waals surface area contributed by atoms with Crippen molar-refractivity contribution < 1.29 is 4.52 Å². The van der Waals surface area contributed by atoms with Gasteiger partial charge in [-0.15, -0.1) is 0 Å². The van der Waals surface area contributed by atoms with E-state index in [1.165, 1.54) is 0 Å². The normalized spacial score (nSPS) is 9.50. The van der Waals surface area contributed by atoms with Gasteiger partial charge in [0.05, 0.1) is 6.20 Å². The molecule has 0 aliphatic rings. The molecule has 2 rings (SSSR count). The summed E-state index contributed by atoms with van der Waals surface area (Å²) in [7, 11) is 0. The van der Waals surface area contributed by atoms with E-state index in [0.717, 1.165) is 28.1 Å². The zero-order valence-electron chi connectivity index (χ0n) is 10.2. The number of nitrogens with two attached hydrogens (primary N) is 1. The van der Waals surface area contributed by atoms with Crippen LogP contribution in [-0.2, 0) is 0 Å². The highest BCUT2D eigenvalue weighted by Crippen LogP contribution is 2.25. The van der Waals surface area contributed by atoms with Crippen LogP contribution in [0.15, 0.2) is 28.9 Å². The second kappa shape index (κ2) is 5.35. The largest absolute Gasteiger partial charge is 0.398 e. The van der Waals surface area contributed by atoms with E-state index in [-0.39, 0.29) is 0 Å². The van der Waals surface area contributed by atoms with Crippen molar-refractivity contribution in [3.63, 3.8) is 0 Å². The van der Waals surface area contributed by atoms with Gasteiger partial charge in [-0.05, 0) is 31.0 Å². The molecule has 0 amide bonds. The van der Waals surface area contributed by atoms with E-state index < -0.39 is 0 Å². The van der Waals surface area contributed by atoms with Crippen molar-refractivity contribution in [3.05, 3.63) is 35.7 Å². The van der Waals surface area contributed by atoms with Crippen LogP contribution in [0.25, 0.3) is 11.1 Å².